The number of nitrogens with two attached hydrogens (primary N) is 1. The van der Waals surface area contributed by atoms with Gasteiger partial charge in [0, 0.05) is 23.6 Å². The first kappa shape index (κ1) is 13.9. The molecule has 1 aromatic carbocycles. The Morgan fingerprint density at radius 3 is 2.70 bits per heavy atom. The van der Waals surface area contributed by atoms with Gasteiger partial charge in [0.1, 0.15) is 5.75 Å². The molecule has 110 valence electrons. The van der Waals surface area contributed by atoms with E-state index in [0.29, 0.717) is 5.92 Å². The molecule has 0 bridgehead atoms. The molecule has 3 heteroatoms. The Labute approximate surface area is 121 Å². The Morgan fingerprint density at radius 2 is 2.05 bits per heavy atom. The van der Waals surface area contributed by atoms with Crippen molar-refractivity contribution in [3.63, 3.8) is 0 Å². The Balaban J connectivity index is 1.95. The highest BCUT2D eigenvalue weighted by atomic mass is 16.5. The summed E-state index contributed by atoms with van der Waals surface area (Å²) < 4.78 is 11.1. The molecular weight excluding hydrogens is 250 g/mol. The van der Waals surface area contributed by atoms with Crippen LogP contribution in [0.3, 0.4) is 0 Å². The summed E-state index contributed by atoms with van der Waals surface area (Å²) >= 11 is 0. The first-order valence-electron chi connectivity index (χ1n) is 7.78. The van der Waals surface area contributed by atoms with Crippen molar-refractivity contribution in [1.29, 1.82) is 0 Å². The average Bonchev–Trinajstić information content (AvgIpc) is 3.01. The number of rotatable bonds is 3. The highest BCUT2D eigenvalue weighted by Crippen LogP contribution is 2.41. The second-order valence-electron chi connectivity index (χ2n) is 6.24. The van der Waals surface area contributed by atoms with Crippen LogP contribution in [0.2, 0.25) is 0 Å². The molecule has 2 aliphatic rings. The van der Waals surface area contributed by atoms with E-state index in [-0.39, 0.29) is 5.54 Å². The van der Waals surface area contributed by atoms with Crippen LogP contribution in [0.1, 0.15) is 55.6 Å². The van der Waals surface area contributed by atoms with Crippen LogP contribution in [0.5, 0.6) is 5.75 Å². The minimum Gasteiger partial charge on any atom is -0.496 e. The fourth-order valence-electron chi connectivity index (χ4n) is 3.62. The van der Waals surface area contributed by atoms with E-state index in [0.717, 1.165) is 38.2 Å². The molecule has 1 aliphatic carbocycles. The minimum absolute atomic E-state index is 0.209. The van der Waals surface area contributed by atoms with E-state index in [1.54, 1.807) is 7.11 Å². The highest BCUT2D eigenvalue weighted by molar-refractivity contribution is 5.43. The normalized spacial score (nSPS) is 25.6. The Morgan fingerprint density at radius 1 is 1.25 bits per heavy atom. The number of hydrogen-bond acceptors (Lipinski definition) is 3. The fraction of sp³-hybridized carbons (Fsp3) is 0.647. The van der Waals surface area contributed by atoms with Gasteiger partial charge >= 0.3 is 0 Å². The van der Waals surface area contributed by atoms with E-state index in [4.69, 9.17) is 15.2 Å². The maximum absolute atomic E-state index is 6.71. The molecule has 1 saturated heterocycles. The van der Waals surface area contributed by atoms with Gasteiger partial charge in [0.15, 0.2) is 0 Å². The molecule has 1 heterocycles. The molecule has 3 rings (SSSR count). The Bertz CT molecular complexity index is 460. The lowest BCUT2D eigenvalue weighted by atomic mass is 9.76. The van der Waals surface area contributed by atoms with Crippen LogP contribution in [0, 0.1) is 0 Å². The maximum atomic E-state index is 6.71. The van der Waals surface area contributed by atoms with E-state index in [9.17, 15) is 0 Å². The predicted molar refractivity (Wildman–Crippen MR) is 80.1 cm³/mol. The first-order chi connectivity index (χ1) is 9.73. The van der Waals surface area contributed by atoms with Crippen LogP contribution >= 0.6 is 0 Å². The van der Waals surface area contributed by atoms with Crippen LogP contribution in [0.4, 0.5) is 0 Å². The van der Waals surface area contributed by atoms with Crippen LogP contribution in [0.25, 0.3) is 0 Å². The molecule has 1 saturated carbocycles. The Kier molecular flexibility index (Phi) is 3.99. The van der Waals surface area contributed by atoms with Gasteiger partial charge in [-0.3, -0.25) is 0 Å². The van der Waals surface area contributed by atoms with Crippen molar-refractivity contribution in [2.24, 2.45) is 5.73 Å². The zero-order valence-corrected chi connectivity index (χ0v) is 12.4. The van der Waals surface area contributed by atoms with Crippen LogP contribution in [-0.2, 0) is 10.3 Å². The third kappa shape index (κ3) is 2.57. The zero-order chi connectivity index (χ0) is 14.0. The summed E-state index contributed by atoms with van der Waals surface area (Å²) in [6.07, 6.45) is 6.98. The zero-order valence-electron chi connectivity index (χ0n) is 12.4. The van der Waals surface area contributed by atoms with Gasteiger partial charge in [-0.25, -0.2) is 0 Å². The quantitative estimate of drug-likeness (QED) is 0.920. The second kappa shape index (κ2) is 5.74. The Hall–Kier alpha value is -1.06. The summed E-state index contributed by atoms with van der Waals surface area (Å²) in [7, 11) is 1.74. The average molecular weight is 275 g/mol. The molecule has 0 radical (unpaired) electrons. The molecule has 1 aliphatic heterocycles. The van der Waals surface area contributed by atoms with Gasteiger partial charge in [-0.05, 0) is 37.0 Å². The minimum atomic E-state index is -0.209. The van der Waals surface area contributed by atoms with Crippen LogP contribution in [-0.4, -0.2) is 20.3 Å². The summed E-state index contributed by atoms with van der Waals surface area (Å²) in [5.74, 6) is 1.46. The van der Waals surface area contributed by atoms with Gasteiger partial charge in [-0.1, -0.05) is 25.3 Å². The monoisotopic (exact) mass is 275 g/mol. The molecule has 0 spiro atoms. The number of hydrogen-bond donors (Lipinski definition) is 1. The topological polar surface area (TPSA) is 44.5 Å². The van der Waals surface area contributed by atoms with Gasteiger partial charge in [0.2, 0.25) is 0 Å². The van der Waals surface area contributed by atoms with Crippen molar-refractivity contribution in [1.82, 2.24) is 0 Å². The lowest BCUT2D eigenvalue weighted by molar-refractivity contribution is 0.194. The number of benzene rings is 1. The molecular formula is C17H25NO2. The predicted octanol–water partition coefficient (Wildman–Crippen LogP) is 3.32. The summed E-state index contributed by atoms with van der Waals surface area (Å²) in [6.45, 7) is 1.71. The molecule has 3 nitrogen and oxygen atoms in total. The molecule has 2 fully saturated rings. The van der Waals surface area contributed by atoms with Gasteiger partial charge in [-0.15, -0.1) is 0 Å². The van der Waals surface area contributed by atoms with Crippen LogP contribution in [0.15, 0.2) is 18.2 Å². The third-order valence-corrected chi connectivity index (χ3v) is 4.91. The lowest BCUT2D eigenvalue weighted by Crippen LogP contribution is -2.39. The molecule has 1 atom stereocenters. The molecule has 0 aromatic heterocycles. The first-order valence-corrected chi connectivity index (χ1v) is 7.78. The summed E-state index contributed by atoms with van der Waals surface area (Å²) in [5.41, 5.74) is 9.06. The van der Waals surface area contributed by atoms with E-state index in [1.807, 2.05) is 0 Å². The third-order valence-electron chi connectivity index (χ3n) is 4.91. The van der Waals surface area contributed by atoms with Crippen molar-refractivity contribution in [2.45, 2.75) is 50.0 Å². The second-order valence-corrected chi connectivity index (χ2v) is 6.24. The molecule has 20 heavy (non-hydrogen) atoms. The van der Waals surface area contributed by atoms with Gasteiger partial charge in [0.05, 0.1) is 13.7 Å². The van der Waals surface area contributed by atoms with Gasteiger partial charge in [-0.2, -0.15) is 0 Å². The molecule has 2 N–H and O–H groups in total. The van der Waals surface area contributed by atoms with E-state index < -0.39 is 0 Å². The maximum Gasteiger partial charge on any atom is 0.123 e. The van der Waals surface area contributed by atoms with E-state index >= 15 is 0 Å². The SMILES string of the molecule is COc1ccc(C2CCOC2)cc1C1(N)CCCCC1. The molecule has 0 amide bonds. The van der Waals surface area contributed by atoms with Crippen molar-refractivity contribution < 1.29 is 9.47 Å². The standard InChI is InChI=1S/C17H25NO2/c1-19-16-6-5-13(14-7-10-20-12-14)11-15(16)17(18)8-3-2-4-9-17/h5-6,11,14H,2-4,7-10,12,18H2,1H3. The summed E-state index contributed by atoms with van der Waals surface area (Å²) in [5, 5.41) is 0. The summed E-state index contributed by atoms with van der Waals surface area (Å²) in [4.78, 5) is 0. The smallest absolute Gasteiger partial charge is 0.123 e. The van der Waals surface area contributed by atoms with Crippen molar-refractivity contribution >= 4 is 0 Å². The van der Waals surface area contributed by atoms with E-state index in [2.05, 4.69) is 18.2 Å². The number of ether oxygens (including phenoxy) is 2. The van der Waals surface area contributed by atoms with Crippen molar-refractivity contribution in [3.05, 3.63) is 29.3 Å². The van der Waals surface area contributed by atoms with Crippen molar-refractivity contribution in [2.75, 3.05) is 20.3 Å². The number of methoxy groups -OCH3 is 1. The van der Waals surface area contributed by atoms with E-state index in [1.165, 1.54) is 30.4 Å². The van der Waals surface area contributed by atoms with Crippen LogP contribution < -0.4 is 10.5 Å². The fourth-order valence-corrected chi connectivity index (χ4v) is 3.62. The largest absolute Gasteiger partial charge is 0.496 e. The summed E-state index contributed by atoms with van der Waals surface area (Å²) in [6, 6.07) is 6.55. The molecule has 1 aromatic rings. The van der Waals surface area contributed by atoms with Crippen molar-refractivity contribution in [3.8, 4) is 5.75 Å². The molecule has 1 unspecified atom stereocenters. The lowest BCUT2D eigenvalue weighted by Gasteiger charge is -2.35. The van der Waals surface area contributed by atoms with Gasteiger partial charge < -0.3 is 15.2 Å². The highest BCUT2D eigenvalue weighted by Gasteiger charge is 2.33. The van der Waals surface area contributed by atoms with Gasteiger partial charge in [0.25, 0.3) is 0 Å².